The van der Waals surface area contributed by atoms with Gasteiger partial charge < -0.3 is 5.73 Å². The number of thioether (sulfide) groups is 1. The highest BCUT2D eigenvalue weighted by molar-refractivity contribution is 9.10. The molecule has 1 heterocycles. The minimum absolute atomic E-state index is 0.409. The summed E-state index contributed by atoms with van der Waals surface area (Å²) in [5.74, 6) is -0.409. The topological polar surface area (TPSA) is 84.7 Å². The van der Waals surface area contributed by atoms with Crippen molar-refractivity contribution >= 4 is 33.6 Å². The number of amides is 1. The number of hydrogen-bond donors (Lipinski definition) is 2. The Bertz CT molecular complexity index is 500. The predicted octanol–water partition coefficient (Wildman–Crippen LogP) is 1.89. The molecule has 5 nitrogen and oxygen atoms in total. The molecule has 17 heavy (non-hydrogen) atoms. The number of nitrogens with one attached hydrogen (secondary N) is 1. The second-order valence-corrected chi connectivity index (χ2v) is 5.25. The summed E-state index contributed by atoms with van der Waals surface area (Å²) < 4.78 is 0.953. The zero-order valence-corrected chi connectivity index (χ0v) is 11.0. The number of hydrogen-bond acceptors (Lipinski definition) is 4. The van der Waals surface area contributed by atoms with Crippen LogP contribution in [-0.4, -0.2) is 21.1 Å². The average Bonchev–Trinajstić information content (AvgIpc) is 2.80. The summed E-state index contributed by atoms with van der Waals surface area (Å²) in [4.78, 5) is 15.4. The maximum atomic E-state index is 11.4. The highest BCUT2D eigenvalue weighted by atomic mass is 79.9. The molecule has 0 radical (unpaired) electrons. The van der Waals surface area contributed by atoms with Gasteiger partial charge in [0, 0.05) is 4.47 Å². The Labute approximate surface area is 110 Å². The number of halogens is 1. The average molecular weight is 313 g/mol. The van der Waals surface area contributed by atoms with Crippen LogP contribution in [-0.2, 0) is 4.79 Å². The number of primary amides is 1. The molecule has 2 rings (SSSR count). The Hall–Kier alpha value is -1.34. The van der Waals surface area contributed by atoms with Gasteiger partial charge in [0.25, 0.3) is 0 Å². The molecule has 1 atom stereocenters. The molecule has 0 aliphatic carbocycles. The van der Waals surface area contributed by atoms with E-state index in [0.29, 0.717) is 5.16 Å². The largest absolute Gasteiger partial charge is 0.368 e. The minimum Gasteiger partial charge on any atom is -0.368 e. The molecule has 1 aromatic carbocycles. The fourth-order valence-electron chi connectivity index (χ4n) is 1.29. The number of carbonyl (C=O) groups is 1. The molecule has 0 saturated carbocycles. The summed E-state index contributed by atoms with van der Waals surface area (Å²) >= 11 is 4.58. The van der Waals surface area contributed by atoms with Crippen molar-refractivity contribution in [3.63, 3.8) is 0 Å². The molecule has 0 aliphatic heterocycles. The molecule has 1 amide bonds. The number of benzene rings is 1. The third-order valence-corrected chi connectivity index (χ3v) is 3.74. The fourth-order valence-corrected chi connectivity index (χ4v) is 2.40. The smallest absolute Gasteiger partial charge is 0.235 e. The van der Waals surface area contributed by atoms with Crippen molar-refractivity contribution in [1.29, 1.82) is 0 Å². The normalized spacial score (nSPS) is 12.3. The highest BCUT2D eigenvalue weighted by Gasteiger charge is 2.20. The first kappa shape index (κ1) is 12.1. The van der Waals surface area contributed by atoms with Gasteiger partial charge in [-0.1, -0.05) is 39.8 Å². The van der Waals surface area contributed by atoms with Crippen molar-refractivity contribution in [2.75, 3.05) is 0 Å². The summed E-state index contributed by atoms with van der Waals surface area (Å²) in [5.41, 5.74) is 6.23. The van der Waals surface area contributed by atoms with E-state index >= 15 is 0 Å². The Morgan fingerprint density at radius 1 is 1.41 bits per heavy atom. The van der Waals surface area contributed by atoms with Crippen LogP contribution in [0.1, 0.15) is 10.8 Å². The number of H-pyrrole nitrogens is 1. The van der Waals surface area contributed by atoms with E-state index in [1.165, 1.54) is 18.1 Å². The van der Waals surface area contributed by atoms with Crippen molar-refractivity contribution in [2.24, 2.45) is 5.73 Å². The first-order valence-electron chi connectivity index (χ1n) is 4.73. The van der Waals surface area contributed by atoms with Crippen LogP contribution in [0.2, 0.25) is 0 Å². The van der Waals surface area contributed by atoms with Crippen LogP contribution < -0.4 is 5.73 Å². The molecular weight excluding hydrogens is 304 g/mol. The van der Waals surface area contributed by atoms with Gasteiger partial charge in [-0.05, 0) is 17.7 Å². The molecule has 0 spiro atoms. The molecule has 88 valence electrons. The maximum Gasteiger partial charge on any atom is 0.235 e. The number of aromatic nitrogens is 3. The molecule has 1 aromatic heterocycles. The van der Waals surface area contributed by atoms with E-state index < -0.39 is 11.2 Å². The Morgan fingerprint density at radius 2 is 2.12 bits per heavy atom. The van der Waals surface area contributed by atoms with Crippen LogP contribution >= 0.6 is 27.7 Å². The van der Waals surface area contributed by atoms with E-state index in [4.69, 9.17) is 5.73 Å². The van der Waals surface area contributed by atoms with E-state index in [1.54, 1.807) is 0 Å². The van der Waals surface area contributed by atoms with E-state index in [1.807, 2.05) is 24.3 Å². The van der Waals surface area contributed by atoms with Gasteiger partial charge in [0.1, 0.15) is 11.6 Å². The van der Waals surface area contributed by atoms with Gasteiger partial charge in [0.2, 0.25) is 5.91 Å². The van der Waals surface area contributed by atoms with Gasteiger partial charge >= 0.3 is 0 Å². The standard InChI is InChI=1S/C10H9BrN4OS/c11-7-3-1-6(2-4-7)8(9(12)16)17-10-13-5-14-15-10/h1-5,8H,(H2,12,16)(H,13,14,15). The SMILES string of the molecule is NC(=O)C(Sc1ncn[nH]1)c1ccc(Br)cc1. The highest BCUT2D eigenvalue weighted by Crippen LogP contribution is 2.33. The fraction of sp³-hybridized carbons (Fsp3) is 0.100. The third kappa shape index (κ3) is 3.07. The lowest BCUT2D eigenvalue weighted by Crippen LogP contribution is -2.19. The van der Waals surface area contributed by atoms with Crippen molar-refractivity contribution < 1.29 is 4.79 Å². The summed E-state index contributed by atoms with van der Waals surface area (Å²) in [6.07, 6.45) is 1.39. The van der Waals surface area contributed by atoms with Crippen molar-refractivity contribution in [3.05, 3.63) is 40.6 Å². The Balaban J connectivity index is 2.23. The van der Waals surface area contributed by atoms with Gasteiger partial charge in [-0.2, -0.15) is 5.10 Å². The van der Waals surface area contributed by atoms with Gasteiger partial charge in [0.15, 0.2) is 5.16 Å². The van der Waals surface area contributed by atoms with Crippen LogP contribution in [0, 0.1) is 0 Å². The first-order valence-corrected chi connectivity index (χ1v) is 6.41. The number of nitrogens with zero attached hydrogens (tertiary/aromatic N) is 2. The molecular formula is C10H9BrN4OS. The molecule has 3 N–H and O–H groups in total. The number of carbonyl (C=O) groups excluding carboxylic acids is 1. The van der Waals surface area contributed by atoms with Crippen LogP contribution in [0.3, 0.4) is 0 Å². The summed E-state index contributed by atoms with van der Waals surface area (Å²) in [5, 5.41) is 6.50. The van der Waals surface area contributed by atoms with Crippen LogP contribution in [0.25, 0.3) is 0 Å². The van der Waals surface area contributed by atoms with E-state index in [0.717, 1.165) is 10.0 Å². The van der Waals surface area contributed by atoms with Crippen LogP contribution in [0.15, 0.2) is 40.2 Å². The number of aromatic amines is 1. The lowest BCUT2D eigenvalue weighted by atomic mass is 10.1. The zero-order valence-electron chi connectivity index (χ0n) is 8.63. The summed E-state index contributed by atoms with van der Waals surface area (Å²) in [6, 6.07) is 7.43. The number of rotatable bonds is 4. The minimum atomic E-state index is -0.476. The molecule has 0 bridgehead atoms. The summed E-state index contributed by atoms with van der Waals surface area (Å²) in [6.45, 7) is 0. The molecule has 0 fully saturated rings. The van der Waals surface area contributed by atoms with E-state index in [-0.39, 0.29) is 0 Å². The van der Waals surface area contributed by atoms with Crippen molar-refractivity contribution in [2.45, 2.75) is 10.4 Å². The Kier molecular flexibility index (Phi) is 3.80. The van der Waals surface area contributed by atoms with Gasteiger partial charge in [-0.15, -0.1) is 0 Å². The quantitative estimate of drug-likeness (QED) is 0.844. The molecule has 0 saturated heterocycles. The Morgan fingerprint density at radius 3 is 2.65 bits per heavy atom. The van der Waals surface area contributed by atoms with Gasteiger partial charge in [-0.25, -0.2) is 4.98 Å². The molecule has 0 aliphatic rings. The summed E-state index contributed by atoms with van der Waals surface area (Å²) in [7, 11) is 0. The third-order valence-electron chi connectivity index (χ3n) is 2.05. The first-order chi connectivity index (χ1) is 8.16. The zero-order chi connectivity index (χ0) is 12.3. The second kappa shape index (κ2) is 5.33. The molecule has 1 unspecified atom stereocenters. The second-order valence-electron chi connectivity index (χ2n) is 3.24. The van der Waals surface area contributed by atoms with Gasteiger partial charge in [0.05, 0.1) is 0 Å². The predicted molar refractivity (Wildman–Crippen MR) is 68.3 cm³/mol. The van der Waals surface area contributed by atoms with Crippen LogP contribution in [0.4, 0.5) is 0 Å². The number of nitrogens with two attached hydrogens (primary N) is 1. The molecule has 2 aromatic rings. The van der Waals surface area contributed by atoms with Crippen LogP contribution in [0.5, 0.6) is 0 Å². The van der Waals surface area contributed by atoms with Crippen molar-refractivity contribution in [3.8, 4) is 0 Å². The van der Waals surface area contributed by atoms with E-state index in [2.05, 4.69) is 31.1 Å². The van der Waals surface area contributed by atoms with Crippen molar-refractivity contribution in [1.82, 2.24) is 15.2 Å². The molecule has 7 heteroatoms. The maximum absolute atomic E-state index is 11.4. The lowest BCUT2D eigenvalue weighted by Gasteiger charge is -2.11. The van der Waals surface area contributed by atoms with E-state index in [9.17, 15) is 4.79 Å². The monoisotopic (exact) mass is 312 g/mol. The lowest BCUT2D eigenvalue weighted by molar-refractivity contribution is -0.117. The van der Waals surface area contributed by atoms with Gasteiger partial charge in [-0.3, -0.25) is 9.89 Å².